The average molecular weight is 277 g/mol. The topological polar surface area (TPSA) is 86.7 Å². The molecule has 0 fully saturated rings. The van der Waals surface area contributed by atoms with Crippen molar-refractivity contribution in [2.24, 2.45) is 0 Å². The van der Waals surface area contributed by atoms with Crippen LogP contribution in [0.15, 0.2) is 29.2 Å². The van der Waals surface area contributed by atoms with Crippen molar-refractivity contribution >= 4 is 27.9 Å². The lowest BCUT2D eigenvalue weighted by atomic mass is 10.2. The number of benzene rings is 1. The molecule has 17 heavy (non-hydrogen) atoms. The van der Waals surface area contributed by atoms with Crippen LogP contribution in [0.4, 0.5) is 0 Å². The van der Waals surface area contributed by atoms with E-state index in [-0.39, 0.29) is 12.6 Å². The van der Waals surface area contributed by atoms with E-state index in [1.165, 1.54) is 12.1 Å². The molecule has 0 spiro atoms. The van der Waals surface area contributed by atoms with Crippen molar-refractivity contribution in [3.8, 4) is 0 Å². The third-order valence-electron chi connectivity index (χ3n) is 1.69. The molecule has 0 unspecified atom stereocenters. The maximum Gasteiger partial charge on any atom is 0.520 e. The van der Waals surface area contributed by atoms with E-state index in [2.05, 4.69) is 8.20 Å². The Hall–Kier alpha value is -0.895. The Kier molecular flexibility index (Phi) is 4.31. The molecule has 0 saturated carbocycles. The Morgan fingerprint density at radius 2 is 1.53 bits per heavy atom. The zero-order chi connectivity index (χ0) is 13.1. The zero-order valence-corrected chi connectivity index (χ0v) is 10.8. The summed E-state index contributed by atoms with van der Waals surface area (Å²) in [5.41, 5.74) is 0.889. The Bertz CT molecular complexity index is 575. The van der Waals surface area contributed by atoms with Gasteiger partial charge < -0.3 is 0 Å². The van der Waals surface area contributed by atoms with Gasteiger partial charge in [-0.2, -0.15) is 8.42 Å². The average Bonchev–Trinajstić information content (AvgIpc) is 2.15. The van der Waals surface area contributed by atoms with Crippen LogP contribution in [0.5, 0.6) is 0 Å². The van der Waals surface area contributed by atoms with E-state index in [1.54, 1.807) is 19.1 Å². The number of hydrogen-bond donors (Lipinski definition) is 0. The van der Waals surface area contributed by atoms with Crippen molar-refractivity contribution in [1.82, 2.24) is 0 Å². The Labute approximate surface area is 101 Å². The van der Waals surface area contributed by atoms with Gasteiger partial charge >= 0.3 is 7.69 Å². The van der Waals surface area contributed by atoms with Gasteiger partial charge in [-0.05, 0) is 19.1 Å². The smallest absolute Gasteiger partial charge is 0.300 e. The molecule has 0 heterocycles. The van der Waals surface area contributed by atoms with E-state index in [1.807, 2.05) is 0 Å². The van der Waals surface area contributed by atoms with Crippen LogP contribution in [0.1, 0.15) is 5.56 Å². The fourth-order valence-corrected chi connectivity index (χ4v) is 1.85. The number of rotatable bonds is 5. The fourth-order valence-electron chi connectivity index (χ4n) is 0.900. The highest BCUT2D eigenvalue weighted by atomic mass is 32.2. The second-order valence-corrected chi connectivity index (χ2v) is 6.43. The van der Waals surface area contributed by atoms with Crippen LogP contribution in [0.2, 0.25) is 0 Å². The highest BCUT2D eigenvalue weighted by Gasteiger charge is 2.18. The van der Waals surface area contributed by atoms with Crippen LogP contribution in [-0.4, -0.2) is 30.8 Å². The van der Waals surface area contributed by atoms with Gasteiger partial charge in [0.2, 0.25) is 0 Å². The SMILES string of the molecule is Cc1ccc(S(=O)(=O)O[B]OS(C)(=O)=O)cc1. The fraction of sp³-hybridized carbons (Fsp3) is 0.250. The van der Waals surface area contributed by atoms with E-state index in [0.717, 1.165) is 11.8 Å². The normalized spacial score (nSPS) is 12.4. The maximum absolute atomic E-state index is 11.5. The lowest BCUT2D eigenvalue weighted by molar-refractivity contribution is 0.432. The molecule has 0 aromatic heterocycles. The molecule has 0 saturated heterocycles. The Morgan fingerprint density at radius 3 is 2.00 bits per heavy atom. The summed E-state index contributed by atoms with van der Waals surface area (Å²) in [5, 5.41) is 0. The Balaban J connectivity index is 2.73. The van der Waals surface area contributed by atoms with Crippen LogP contribution >= 0.6 is 0 Å². The quantitative estimate of drug-likeness (QED) is 0.715. The monoisotopic (exact) mass is 277 g/mol. The van der Waals surface area contributed by atoms with Gasteiger partial charge in [-0.3, -0.25) is 8.20 Å². The van der Waals surface area contributed by atoms with Crippen LogP contribution in [0, 0.1) is 6.92 Å². The van der Waals surface area contributed by atoms with E-state index in [0.29, 0.717) is 0 Å². The molecule has 0 aliphatic carbocycles. The van der Waals surface area contributed by atoms with E-state index < -0.39 is 20.2 Å². The molecule has 0 amide bonds. The predicted molar refractivity (Wildman–Crippen MR) is 61.1 cm³/mol. The first-order valence-corrected chi connectivity index (χ1v) is 7.63. The lowest BCUT2D eigenvalue weighted by Crippen LogP contribution is -2.15. The molecule has 0 bridgehead atoms. The van der Waals surface area contributed by atoms with Gasteiger partial charge in [-0.1, -0.05) is 17.7 Å². The molecule has 93 valence electrons. The highest BCUT2D eigenvalue weighted by molar-refractivity contribution is 7.88. The Morgan fingerprint density at radius 1 is 1.00 bits per heavy atom. The molecule has 6 nitrogen and oxygen atoms in total. The predicted octanol–water partition coefficient (Wildman–Crippen LogP) is 0.211. The number of aryl methyl sites for hydroxylation is 1. The molecule has 0 aliphatic rings. The van der Waals surface area contributed by atoms with Crippen molar-refractivity contribution in [3.63, 3.8) is 0 Å². The summed E-state index contributed by atoms with van der Waals surface area (Å²) in [6.07, 6.45) is 0.769. The molecule has 1 aromatic rings. The third-order valence-corrected chi connectivity index (χ3v) is 3.30. The van der Waals surface area contributed by atoms with Gasteiger partial charge in [0.05, 0.1) is 11.2 Å². The highest BCUT2D eigenvalue weighted by Crippen LogP contribution is 2.12. The van der Waals surface area contributed by atoms with Crippen molar-refractivity contribution in [3.05, 3.63) is 29.8 Å². The first kappa shape index (κ1) is 14.2. The molecule has 0 aliphatic heterocycles. The van der Waals surface area contributed by atoms with Crippen molar-refractivity contribution in [1.29, 1.82) is 0 Å². The molecule has 0 atom stereocenters. The molecule has 9 heteroatoms. The zero-order valence-electron chi connectivity index (χ0n) is 9.15. The van der Waals surface area contributed by atoms with Crippen LogP contribution in [-0.2, 0) is 28.4 Å². The summed E-state index contributed by atoms with van der Waals surface area (Å²) in [6, 6.07) is 5.87. The first-order valence-electron chi connectivity index (χ1n) is 4.41. The van der Waals surface area contributed by atoms with Crippen molar-refractivity contribution < 1.29 is 25.0 Å². The van der Waals surface area contributed by atoms with Crippen LogP contribution in [0.3, 0.4) is 0 Å². The molecule has 0 N–H and O–H groups in total. The van der Waals surface area contributed by atoms with E-state index >= 15 is 0 Å². The van der Waals surface area contributed by atoms with Crippen LogP contribution in [0.25, 0.3) is 0 Å². The van der Waals surface area contributed by atoms with Crippen LogP contribution < -0.4 is 0 Å². The minimum absolute atomic E-state index is 0.0866. The largest absolute Gasteiger partial charge is 0.520 e. The number of hydrogen-bond acceptors (Lipinski definition) is 6. The summed E-state index contributed by atoms with van der Waals surface area (Å²) < 4.78 is 52.5. The standard InChI is InChI=1S/C8H10BO6S2/c1-7-3-5-8(6-4-7)17(12,13)15-9-14-16(2,10)11/h3-6H,1-2H3. The first-order chi connectivity index (χ1) is 7.71. The minimum Gasteiger partial charge on any atom is -0.300 e. The summed E-state index contributed by atoms with van der Waals surface area (Å²) in [5.74, 6) is 0. The van der Waals surface area contributed by atoms with Crippen molar-refractivity contribution in [2.75, 3.05) is 6.26 Å². The summed E-state index contributed by atoms with van der Waals surface area (Å²) in [4.78, 5) is -0.0866. The van der Waals surface area contributed by atoms with Gasteiger partial charge in [0.25, 0.3) is 20.2 Å². The van der Waals surface area contributed by atoms with Gasteiger partial charge in [-0.15, -0.1) is 0 Å². The van der Waals surface area contributed by atoms with Gasteiger partial charge in [0.15, 0.2) is 0 Å². The van der Waals surface area contributed by atoms with Gasteiger partial charge in [0.1, 0.15) is 0 Å². The molecule has 1 rings (SSSR count). The second kappa shape index (κ2) is 5.17. The second-order valence-electron chi connectivity index (χ2n) is 3.26. The third kappa shape index (κ3) is 4.86. The van der Waals surface area contributed by atoms with Gasteiger partial charge in [0, 0.05) is 0 Å². The summed E-state index contributed by atoms with van der Waals surface area (Å²) in [6.45, 7) is 1.80. The minimum atomic E-state index is -4.04. The molecule has 1 aromatic carbocycles. The summed E-state index contributed by atoms with van der Waals surface area (Å²) >= 11 is 0. The van der Waals surface area contributed by atoms with E-state index in [4.69, 9.17) is 0 Å². The van der Waals surface area contributed by atoms with Gasteiger partial charge in [-0.25, -0.2) is 8.42 Å². The lowest BCUT2D eigenvalue weighted by Gasteiger charge is -2.04. The molecular formula is C8H10BO6S2. The molecular weight excluding hydrogens is 267 g/mol. The maximum atomic E-state index is 11.5. The summed E-state index contributed by atoms with van der Waals surface area (Å²) in [7, 11) is -7.56. The van der Waals surface area contributed by atoms with E-state index in [9.17, 15) is 16.8 Å². The molecule has 1 radical (unpaired) electrons. The van der Waals surface area contributed by atoms with Crippen molar-refractivity contribution in [2.45, 2.75) is 11.8 Å².